The molecule has 0 amide bonds. The Hall–Kier alpha value is -2.83. The summed E-state index contributed by atoms with van der Waals surface area (Å²) in [5.74, 6) is 0.392. The van der Waals surface area contributed by atoms with Crippen molar-refractivity contribution in [2.24, 2.45) is 10.9 Å². The van der Waals surface area contributed by atoms with Crippen molar-refractivity contribution >= 4 is 39.6 Å². The molecule has 2 unspecified atom stereocenters. The number of aromatic nitrogens is 2. The molecule has 0 radical (unpaired) electrons. The number of allylic oxidation sites excluding steroid dienone is 1. The Kier molecular flexibility index (Phi) is 4.11. The van der Waals surface area contributed by atoms with Crippen molar-refractivity contribution in [3.63, 3.8) is 0 Å². The molecule has 0 spiro atoms. The number of benzene rings is 1. The first-order valence-corrected chi connectivity index (χ1v) is 10.5. The lowest BCUT2D eigenvalue weighted by atomic mass is 9.91. The van der Waals surface area contributed by atoms with Crippen molar-refractivity contribution in [3.05, 3.63) is 70.8 Å². The van der Waals surface area contributed by atoms with E-state index in [4.69, 9.17) is 16.6 Å². The van der Waals surface area contributed by atoms with Gasteiger partial charge in [0.15, 0.2) is 0 Å². The van der Waals surface area contributed by atoms with E-state index in [1.165, 1.54) is 6.07 Å². The van der Waals surface area contributed by atoms with E-state index in [1.54, 1.807) is 12.1 Å². The number of hydrogen-bond acceptors (Lipinski definition) is 5. The highest BCUT2D eigenvalue weighted by atomic mass is 35.5. The van der Waals surface area contributed by atoms with Crippen LogP contribution in [0.5, 0.6) is 0 Å². The minimum atomic E-state index is -0.340. The number of aliphatic imine (C=N–C) groups is 1. The largest absolute Gasteiger partial charge is 0.365 e. The molecule has 5 heterocycles. The zero-order valence-electron chi connectivity index (χ0n) is 16.1. The molecule has 2 fully saturated rings. The molecule has 1 N–H and O–H groups in total. The van der Waals surface area contributed by atoms with Gasteiger partial charge in [-0.2, -0.15) is 0 Å². The molecule has 30 heavy (non-hydrogen) atoms. The monoisotopic (exact) mass is 419 g/mol. The van der Waals surface area contributed by atoms with Crippen LogP contribution in [-0.2, 0) is 0 Å². The summed E-state index contributed by atoms with van der Waals surface area (Å²) in [5.41, 5.74) is 5.36. The van der Waals surface area contributed by atoms with Gasteiger partial charge in [-0.3, -0.25) is 9.98 Å². The second kappa shape index (κ2) is 6.86. The van der Waals surface area contributed by atoms with Gasteiger partial charge in [0.1, 0.15) is 5.82 Å². The maximum absolute atomic E-state index is 14.4. The Bertz CT molecular complexity index is 1240. The molecule has 2 atom stereocenters. The highest BCUT2D eigenvalue weighted by Crippen LogP contribution is 2.34. The minimum Gasteiger partial charge on any atom is -0.365 e. The summed E-state index contributed by atoms with van der Waals surface area (Å²) < 4.78 is 14.4. The van der Waals surface area contributed by atoms with Gasteiger partial charge < -0.3 is 10.2 Å². The number of pyridine rings is 2. The van der Waals surface area contributed by atoms with Crippen LogP contribution in [0, 0.1) is 11.7 Å². The smallest absolute Gasteiger partial charge is 0.132 e. The van der Waals surface area contributed by atoms with Crippen molar-refractivity contribution in [2.75, 3.05) is 31.1 Å². The molecular weight excluding hydrogens is 401 g/mol. The maximum atomic E-state index is 14.4. The Morgan fingerprint density at radius 1 is 1.10 bits per heavy atom. The molecule has 150 valence electrons. The quantitative estimate of drug-likeness (QED) is 0.703. The van der Waals surface area contributed by atoms with Crippen LogP contribution in [0.2, 0.25) is 5.02 Å². The third-order valence-corrected chi connectivity index (χ3v) is 6.48. The maximum Gasteiger partial charge on any atom is 0.132 e. The van der Waals surface area contributed by atoms with E-state index >= 15 is 0 Å². The van der Waals surface area contributed by atoms with Gasteiger partial charge in [0, 0.05) is 47.8 Å². The fourth-order valence-electron chi connectivity index (χ4n) is 4.67. The number of rotatable bonds is 3. The number of halogens is 2. The number of nitrogens with one attached hydrogen (secondary N) is 1. The summed E-state index contributed by atoms with van der Waals surface area (Å²) in [6.07, 6.45) is 3.91. The third-order valence-electron chi connectivity index (χ3n) is 6.25. The number of hydrogen-bond donors (Lipinski definition) is 1. The van der Waals surface area contributed by atoms with Gasteiger partial charge in [-0.05, 0) is 36.4 Å². The van der Waals surface area contributed by atoms with Gasteiger partial charge in [-0.25, -0.2) is 9.37 Å². The summed E-state index contributed by atoms with van der Waals surface area (Å²) in [6.45, 7) is 3.67. The van der Waals surface area contributed by atoms with Crippen molar-refractivity contribution < 1.29 is 4.39 Å². The first-order valence-electron chi connectivity index (χ1n) is 10.1. The summed E-state index contributed by atoms with van der Waals surface area (Å²) in [4.78, 5) is 16.4. The summed E-state index contributed by atoms with van der Waals surface area (Å²) in [7, 11) is 0. The fourth-order valence-corrected chi connectivity index (χ4v) is 4.84. The summed E-state index contributed by atoms with van der Waals surface area (Å²) >= 11 is 6.10. The number of fused-ring (bicyclic) bond motifs is 2. The van der Waals surface area contributed by atoms with Crippen LogP contribution in [0.4, 0.5) is 10.1 Å². The van der Waals surface area contributed by atoms with Crippen molar-refractivity contribution in [2.45, 2.75) is 6.04 Å². The molecule has 0 saturated carbocycles. The predicted octanol–water partition coefficient (Wildman–Crippen LogP) is 3.72. The first-order chi connectivity index (χ1) is 14.7. The van der Waals surface area contributed by atoms with E-state index in [0.717, 1.165) is 53.5 Å². The van der Waals surface area contributed by atoms with Crippen LogP contribution >= 0.6 is 11.6 Å². The molecule has 5 nitrogen and oxygen atoms in total. The Morgan fingerprint density at radius 2 is 2.03 bits per heavy atom. The van der Waals surface area contributed by atoms with Gasteiger partial charge in [0.25, 0.3) is 0 Å². The van der Waals surface area contributed by atoms with Crippen LogP contribution in [0.15, 0.2) is 53.7 Å². The second-order valence-corrected chi connectivity index (χ2v) is 8.43. The minimum absolute atomic E-state index is 0.340. The molecule has 6 rings (SSSR count). The van der Waals surface area contributed by atoms with E-state index in [9.17, 15) is 4.39 Å². The fraction of sp³-hybridized carbons (Fsp3) is 0.261. The second-order valence-electron chi connectivity index (χ2n) is 8.00. The molecular formula is C23H19ClFN5. The van der Waals surface area contributed by atoms with E-state index in [2.05, 4.69) is 26.3 Å². The van der Waals surface area contributed by atoms with Gasteiger partial charge in [-0.15, -0.1) is 0 Å². The van der Waals surface area contributed by atoms with E-state index in [-0.39, 0.29) is 5.82 Å². The molecule has 3 aromatic rings. The zero-order chi connectivity index (χ0) is 20.2. The summed E-state index contributed by atoms with van der Waals surface area (Å²) in [6, 6.07) is 11.1. The van der Waals surface area contributed by atoms with E-state index in [1.807, 2.05) is 24.4 Å². The molecule has 0 bridgehead atoms. The first kappa shape index (κ1) is 18.0. The Labute approximate surface area is 178 Å². The predicted molar refractivity (Wildman–Crippen MR) is 118 cm³/mol. The highest BCUT2D eigenvalue weighted by Gasteiger charge is 2.42. The highest BCUT2D eigenvalue weighted by molar-refractivity contribution is 6.35. The van der Waals surface area contributed by atoms with Gasteiger partial charge in [0.05, 0.1) is 40.9 Å². The van der Waals surface area contributed by atoms with Crippen molar-refractivity contribution in [1.29, 1.82) is 0 Å². The lowest BCUT2D eigenvalue weighted by Crippen LogP contribution is -2.55. The number of nitrogens with zero attached hydrogens (tertiary/aromatic N) is 4. The average Bonchev–Trinajstić information content (AvgIpc) is 3.36. The van der Waals surface area contributed by atoms with Crippen molar-refractivity contribution in [3.8, 4) is 0 Å². The lowest BCUT2D eigenvalue weighted by Gasteiger charge is -2.45. The van der Waals surface area contributed by atoms with Gasteiger partial charge >= 0.3 is 0 Å². The normalized spacial score (nSPS) is 22.7. The van der Waals surface area contributed by atoms with Crippen LogP contribution in [-0.4, -0.2) is 47.9 Å². The molecule has 0 aliphatic carbocycles. The van der Waals surface area contributed by atoms with Crippen molar-refractivity contribution in [1.82, 2.24) is 15.3 Å². The molecule has 7 heteroatoms. The summed E-state index contributed by atoms with van der Waals surface area (Å²) in [5, 5.41) is 3.94. The third kappa shape index (κ3) is 2.82. The van der Waals surface area contributed by atoms with E-state index < -0.39 is 0 Å². The molecule has 3 aliphatic rings. The molecule has 2 saturated heterocycles. The number of anilines is 1. The van der Waals surface area contributed by atoms with Crippen LogP contribution in [0.25, 0.3) is 16.6 Å². The Balaban J connectivity index is 1.36. The molecule has 3 aliphatic heterocycles. The SMILES string of the molecule is Fc1ccc(Cl)cc1C1=NCC=C1c1ccc2ncc(N3CC4CNCC43)cc2n1. The van der Waals surface area contributed by atoms with Crippen LogP contribution in [0.3, 0.4) is 0 Å². The molecule has 1 aromatic carbocycles. The average molecular weight is 420 g/mol. The zero-order valence-corrected chi connectivity index (χ0v) is 16.9. The van der Waals surface area contributed by atoms with E-state index in [0.29, 0.717) is 28.9 Å². The van der Waals surface area contributed by atoms with Gasteiger partial charge in [0.2, 0.25) is 0 Å². The Morgan fingerprint density at radius 3 is 2.93 bits per heavy atom. The standard InChI is InChI=1S/C23H19ClFN5/c24-14-1-2-18(25)17(7-14)23-16(5-6-27-23)19-3-4-20-21(29-19)8-15(10-28-20)30-12-13-9-26-11-22(13)30/h1-5,7-8,10,13,22,26H,6,9,11-12H2. The lowest BCUT2D eigenvalue weighted by molar-refractivity contribution is 0.365. The topological polar surface area (TPSA) is 53.4 Å². The van der Waals surface area contributed by atoms with Gasteiger partial charge in [-0.1, -0.05) is 17.7 Å². The molecule has 2 aromatic heterocycles. The van der Waals surface area contributed by atoms with Crippen LogP contribution in [0.1, 0.15) is 11.3 Å². The van der Waals surface area contributed by atoms with Crippen LogP contribution < -0.4 is 10.2 Å².